The second-order valence-electron chi connectivity index (χ2n) is 8.69. The maximum Gasteiger partial charge on any atom is 0.264 e. The first-order chi connectivity index (χ1) is 18.1. The van der Waals surface area contributed by atoms with Gasteiger partial charge in [0.25, 0.3) is 10.0 Å². The molecule has 0 heterocycles. The maximum absolute atomic E-state index is 14.0. The van der Waals surface area contributed by atoms with Gasteiger partial charge in [-0.05, 0) is 61.7 Å². The molecule has 1 atom stereocenters. The van der Waals surface area contributed by atoms with Crippen LogP contribution < -0.4 is 9.62 Å². The standard InChI is InChI=1S/C28H31Cl2N3O4S/c1-4-25(28(35)31-5-2)32(18-21-12-10-9-11-20(21)3)27(34)19-33(26-16-15-22(29)17-24(26)30)38(36,37)23-13-7-6-8-14-23/h6-17,25H,4-5,18-19H2,1-3H3,(H,31,35)/t25-/m1/s1. The molecule has 3 aromatic carbocycles. The van der Waals surface area contributed by atoms with E-state index in [1.807, 2.05) is 38.1 Å². The number of benzene rings is 3. The average molecular weight is 577 g/mol. The van der Waals surface area contributed by atoms with Crippen LogP contribution in [-0.2, 0) is 26.2 Å². The Hall–Kier alpha value is -3.07. The zero-order valence-corrected chi connectivity index (χ0v) is 23.9. The first kappa shape index (κ1) is 29.5. The third-order valence-electron chi connectivity index (χ3n) is 6.13. The number of hydrogen-bond acceptors (Lipinski definition) is 4. The highest BCUT2D eigenvalue weighted by atomic mass is 35.5. The molecule has 0 saturated carbocycles. The molecular weight excluding hydrogens is 545 g/mol. The Morgan fingerprint density at radius 1 is 0.947 bits per heavy atom. The molecule has 0 aliphatic heterocycles. The Morgan fingerprint density at radius 3 is 2.21 bits per heavy atom. The molecule has 1 N–H and O–H groups in total. The molecule has 0 radical (unpaired) electrons. The van der Waals surface area contributed by atoms with E-state index >= 15 is 0 Å². The van der Waals surface area contributed by atoms with Gasteiger partial charge >= 0.3 is 0 Å². The minimum Gasteiger partial charge on any atom is -0.355 e. The van der Waals surface area contributed by atoms with Crippen LogP contribution in [0, 0.1) is 6.92 Å². The zero-order chi connectivity index (χ0) is 27.9. The van der Waals surface area contributed by atoms with E-state index in [1.165, 1.54) is 35.2 Å². The van der Waals surface area contributed by atoms with Gasteiger partial charge in [0.15, 0.2) is 0 Å². The summed E-state index contributed by atoms with van der Waals surface area (Å²) in [6.07, 6.45) is 0.344. The number of likely N-dealkylation sites (N-methyl/N-ethyl adjacent to an activating group) is 1. The Bertz CT molecular complexity index is 1380. The molecular formula is C28H31Cl2N3O4S. The van der Waals surface area contributed by atoms with Crippen LogP contribution in [0.5, 0.6) is 0 Å². The van der Waals surface area contributed by atoms with E-state index in [9.17, 15) is 18.0 Å². The quantitative estimate of drug-likeness (QED) is 0.330. The number of sulfonamides is 1. The second-order valence-corrected chi connectivity index (χ2v) is 11.4. The predicted octanol–water partition coefficient (Wildman–Crippen LogP) is 5.44. The highest BCUT2D eigenvalue weighted by Crippen LogP contribution is 2.33. The molecule has 0 aromatic heterocycles. The van der Waals surface area contributed by atoms with Gasteiger partial charge in [0.05, 0.1) is 15.6 Å². The molecule has 3 rings (SSSR count). The lowest BCUT2D eigenvalue weighted by Gasteiger charge is -2.33. The summed E-state index contributed by atoms with van der Waals surface area (Å²) in [5, 5.41) is 3.19. The van der Waals surface area contributed by atoms with Crippen LogP contribution in [0.3, 0.4) is 0 Å². The number of rotatable bonds is 11. The highest BCUT2D eigenvalue weighted by molar-refractivity contribution is 7.92. The van der Waals surface area contributed by atoms with Crippen molar-refractivity contribution in [2.75, 3.05) is 17.4 Å². The van der Waals surface area contributed by atoms with Gasteiger partial charge in [-0.1, -0.05) is 72.6 Å². The van der Waals surface area contributed by atoms with E-state index in [2.05, 4.69) is 5.32 Å². The molecule has 38 heavy (non-hydrogen) atoms. The van der Waals surface area contributed by atoms with Crippen molar-refractivity contribution in [2.45, 2.75) is 44.7 Å². The lowest BCUT2D eigenvalue weighted by molar-refractivity contribution is -0.140. The van der Waals surface area contributed by atoms with Crippen LogP contribution in [0.4, 0.5) is 5.69 Å². The maximum atomic E-state index is 14.0. The Labute approximate surface area is 234 Å². The molecule has 0 aliphatic rings. The van der Waals surface area contributed by atoms with E-state index < -0.39 is 28.5 Å². The molecule has 0 bridgehead atoms. The normalized spacial score (nSPS) is 12.0. The summed E-state index contributed by atoms with van der Waals surface area (Å²) >= 11 is 12.5. The molecule has 2 amide bonds. The van der Waals surface area contributed by atoms with Crippen LogP contribution in [0.1, 0.15) is 31.4 Å². The summed E-state index contributed by atoms with van der Waals surface area (Å²) in [6, 6.07) is 18.9. The molecule has 0 aliphatic carbocycles. The zero-order valence-electron chi connectivity index (χ0n) is 21.5. The fourth-order valence-corrected chi connectivity index (χ4v) is 6.11. The van der Waals surface area contributed by atoms with Crippen LogP contribution >= 0.6 is 23.2 Å². The summed E-state index contributed by atoms with van der Waals surface area (Å²) in [5.74, 6) is -0.851. The molecule has 10 heteroatoms. The van der Waals surface area contributed by atoms with Gasteiger partial charge in [-0.15, -0.1) is 0 Å². The SMILES string of the molecule is CCNC(=O)[C@@H](CC)N(Cc1ccccc1C)C(=O)CN(c1ccc(Cl)cc1Cl)S(=O)(=O)c1ccccc1. The number of carbonyl (C=O) groups excluding carboxylic acids is 2. The van der Waals surface area contributed by atoms with Gasteiger partial charge in [-0.25, -0.2) is 8.42 Å². The second kappa shape index (κ2) is 13.1. The van der Waals surface area contributed by atoms with Gasteiger partial charge in [0.1, 0.15) is 12.6 Å². The lowest BCUT2D eigenvalue weighted by atomic mass is 10.1. The molecule has 0 fully saturated rings. The number of amides is 2. The summed E-state index contributed by atoms with van der Waals surface area (Å²) in [5.41, 5.74) is 1.91. The summed E-state index contributed by atoms with van der Waals surface area (Å²) in [4.78, 5) is 28.4. The number of hydrogen-bond donors (Lipinski definition) is 1. The van der Waals surface area contributed by atoms with Gasteiger partial charge in [0, 0.05) is 18.1 Å². The van der Waals surface area contributed by atoms with E-state index in [-0.39, 0.29) is 28.1 Å². The number of aryl methyl sites for hydroxylation is 1. The fourth-order valence-electron chi connectivity index (χ4n) is 4.10. The summed E-state index contributed by atoms with van der Waals surface area (Å²) in [7, 11) is -4.20. The molecule has 0 saturated heterocycles. The fraction of sp³-hybridized carbons (Fsp3) is 0.286. The largest absolute Gasteiger partial charge is 0.355 e. The van der Waals surface area contributed by atoms with E-state index in [0.29, 0.717) is 18.0 Å². The van der Waals surface area contributed by atoms with Crippen LogP contribution in [0.2, 0.25) is 10.0 Å². The number of anilines is 1. The topological polar surface area (TPSA) is 86.8 Å². The Kier molecular flexibility index (Phi) is 10.2. The van der Waals surface area contributed by atoms with Crippen molar-refractivity contribution < 1.29 is 18.0 Å². The monoisotopic (exact) mass is 575 g/mol. The van der Waals surface area contributed by atoms with Gasteiger partial charge < -0.3 is 10.2 Å². The first-order valence-electron chi connectivity index (χ1n) is 12.2. The smallest absolute Gasteiger partial charge is 0.264 e. The minimum absolute atomic E-state index is 0.0000352. The van der Waals surface area contributed by atoms with Gasteiger partial charge in [-0.2, -0.15) is 0 Å². The summed E-state index contributed by atoms with van der Waals surface area (Å²) in [6.45, 7) is 5.50. The third-order valence-corrected chi connectivity index (χ3v) is 8.44. The van der Waals surface area contributed by atoms with Crippen molar-refractivity contribution >= 4 is 50.7 Å². The van der Waals surface area contributed by atoms with E-state index in [4.69, 9.17) is 23.2 Å². The van der Waals surface area contributed by atoms with E-state index in [1.54, 1.807) is 25.1 Å². The first-order valence-corrected chi connectivity index (χ1v) is 14.4. The molecule has 0 spiro atoms. The van der Waals surface area contributed by atoms with Crippen molar-refractivity contribution in [3.05, 3.63) is 94.0 Å². The molecule has 202 valence electrons. The van der Waals surface area contributed by atoms with Crippen molar-refractivity contribution in [1.29, 1.82) is 0 Å². The van der Waals surface area contributed by atoms with Crippen molar-refractivity contribution in [3.8, 4) is 0 Å². The van der Waals surface area contributed by atoms with Crippen molar-refractivity contribution in [1.82, 2.24) is 10.2 Å². The van der Waals surface area contributed by atoms with Crippen LogP contribution in [0.15, 0.2) is 77.7 Å². The predicted molar refractivity (Wildman–Crippen MR) is 152 cm³/mol. The lowest BCUT2D eigenvalue weighted by Crippen LogP contribution is -2.52. The van der Waals surface area contributed by atoms with Crippen molar-refractivity contribution in [2.24, 2.45) is 0 Å². The number of nitrogens with one attached hydrogen (secondary N) is 1. The molecule has 0 unspecified atom stereocenters. The highest BCUT2D eigenvalue weighted by Gasteiger charge is 2.34. The van der Waals surface area contributed by atoms with Gasteiger partial charge in [-0.3, -0.25) is 13.9 Å². The van der Waals surface area contributed by atoms with E-state index in [0.717, 1.165) is 15.4 Å². The average Bonchev–Trinajstić information content (AvgIpc) is 2.89. The molecule has 7 nitrogen and oxygen atoms in total. The minimum atomic E-state index is -4.20. The van der Waals surface area contributed by atoms with Crippen LogP contribution in [-0.4, -0.2) is 44.3 Å². The molecule has 3 aromatic rings. The third kappa shape index (κ3) is 6.87. The Balaban J connectivity index is 2.10. The number of halogens is 2. The number of nitrogens with zero attached hydrogens (tertiary/aromatic N) is 2. The van der Waals surface area contributed by atoms with Crippen molar-refractivity contribution in [3.63, 3.8) is 0 Å². The van der Waals surface area contributed by atoms with Crippen LogP contribution in [0.25, 0.3) is 0 Å². The number of carbonyl (C=O) groups is 2. The summed E-state index contributed by atoms with van der Waals surface area (Å²) < 4.78 is 28.6. The Morgan fingerprint density at radius 2 is 1.61 bits per heavy atom. The van der Waals surface area contributed by atoms with Gasteiger partial charge in [0.2, 0.25) is 11.8 Å².